The molecular weight excluding hydrogens is 986 g/mol. The summed E-state index contributed by atoms with van der Waals surface area (Å²) in [5.41, 5.74) is 8.14. The summed E-state index contributed by atoms with van der Waals surface area (Å²) >= 11 is 2.74. The monoisotopic (exact) mass is 1030 g/mol. The quantitative estimate of drug-likeness (QED) is 0.106. The summed E-state index contributed by atoms with van der Waals surface area (Å²) in [6.07, 6.45) is 0. The summed E-state index contributed by atoms with van der Waals surface area (Å²) in [7, 11) is -3.27. The Balaban J connectivity index is 0.860. The second-order valence-electron chi connectivity index (χ2n) is 16.7. The maximum Gasteiger partial charge on any atom is 0.173 e. The summed E-state index contributed by atoms with van der Waals surface area (Å²) in [5, 5.41) is 6.22. The highest BCUT2D eigenvalue weighted by Crippen LogP contribution is 2.64. The molecule has 0 amide bonds. The molecule has 0 N–H and O–H groups in total. The van der Waals surface area contributed by atoms with Gasteiger partial charge in [-0.2, -0.15) is 0 Å². The molecule has 2 atom stereocenters. The Labute approximate surface area is 410 Å². The maximum absolute atomic E-state index is 15.8. The molecule has 0 spiro atoms. The van der Waals surface area contributed by atoms with Crippen LogP contribution in [0.5, 0.6) is 23.0 Å². The number of benzene rings is 10. The fourth-order valence-electron chi connectivity index (χ4n) is 9.47. The first-order valence-electron chi connectivity index (χ1n) is 22.5. The molecule has 5 nitrogen and oxygen atoms in total. The molecule has 68 heavy (non-hydrogen) atoms. The van der Waals surface area contributed by atoms with E-state index in [1.165, 1.54) is 15.9 Å². The van der Waals surface area contributed by atoms with Gasteiger partial charge in [-0.3, -0.25) is 0 Å². The van der Waals surface area contributed by atoms with Gasteiger partial charge >= 0.3 is 0 Å². The first-order valence-corrected chi connectivity index (χ1v) is 28.8. The van der Waals surface area contributed by atoms with Crippen LogP contribution in [0.2, 0.25) is 0 Å². The van der Waals surface area contributed by atoms with E-state index < -0.39 is 12.0 Å². The number of anilines is 6. The number of nitrogens with zero attached hydrogens (tertiary/aromatic N) is 2. The van der Waals surface area contributed by atoms with Crippen LogP contribution in [0.4, 0.5) is 34.1 Å². The highest BCUT2D eigenvalue weighted by Gasteiger charge is 2.44. The van der Waals surface area contributed by atoms with Crippen molar-refractivity contribution in [1.29, 1.82) is 0 Å². The molecule has 2 aliphatic rings. The molecule has 2 heterocycles. The predicted octanol–water partition coefficient (Wildman–Crippen LogP) is 14.8. The predicted molar refractivity (Wildman–Crippen MR) is 294 cm³/mol. The van der Waals surface area contributed by atoms with Gasteiger partial charge in [0.15, 0.2) is 57.1 Å². The van der Waals surface area contributed by atoms with Crippen molar-refractivity contribution < 1.29 is 14.0 Å². The van der Waals surface area contributed by atoms with Crippen molar-refractivity contribution in [2.45, 2.75) is 0 Å². The van der Waals surface area contributed by atoms with Crippen LogP contribution >= 0.6 is 34.1 Å². The standard InChI is InChI=1S/C60H42IN2O3P2/c61-67(47-15-3-1-4-16-47,49-39-31-45(32-40-49)62-53-19-7-11-23-57(53)65-58-24-12-8-20-54(58)62)48-35-27-43(28-36-48)44-29-37-51(38-30-44)68(64,50-17-5-2-6-18-50)52-41-33-46(34-42-52)63-55-21-9-13-25-59(55)66-60-26-14-10-22-56(60)63/h1-42H/q+1. The van der Waals surface area contributed by atoms with Gasteiger partial charge in [-0.1, -0.05) is 133 Å². The molecule has 0 fully saturated rings. The van der Waals surface area contributed by atoms with E-state index in [1.807, 2.05) is 115 Å². The van der Waals surface area contributed by atoms with Gasteiger partial charge in [-0.25, -0.2) is 0 Å². The van der Waals surface area contributed by atoms with Crippen molar-refractivity contribution in [2.75, 3.05) is 9.80 Å². The minimum absolute atomic E-state index is 0.773. The van der Waals surface area contributed by atoms with Gasteiger partial charge < -0.3 is 23.8 Å². The average Bonchev–Trinajstić information content (AvgIpc) is 3.42. The normalized spacial score (nSPS) is 14.1. The van der Waals surface area contributed by atoms with Crippen molar-refractivity contribution in [3.63, 3.8) is 0 Å². The number of fused-ring (bicyclic) bond motifs is 4. The van der Waals surface area contributed by atoms with Crippen LogP contribution in [0.25, 0.3) is 11.1 Å². The van der Waals surface area contributed by atoms with Gasteiger partial charge in [0.1, 0.15) is 15.9 Å². The Morgan fingerprint density at radius 2 is 0.618 bits per heavy atom. The maximum atomic E-state index is 15.8. The zero-order chi connectivity index (χ0) is 45.7. The molecule has 0 saturated heterocycles. The van der Waals surface area contributed by atoms with Crippen molar-refractivity contribution in [3.8, 4) is 34.1 Å². The average molecular weight is 1030 g/mol. The minimum Gasteiger partial charge on any atom is -0.453 e. The molecule has 8 heteroatoms. The molecule has 2 aliphatic heterocycles. The van der Waals surface area contributed by atoms with Gasteiger partial charge in [0.05, 0.1) is 22.7 Å². The largest absolute Gasteiger partial charge is 0.453 e. The topological polar surface area (TPSA) is 42.0 Å². The smallest absolute Gasteiger partial charge is 0.173 e. The number of ether oxygens (including phenoxy) is 2. The second kappa shape index (κ2) is 17.5. The van der Waals surface area contributed by atoms with Crippen LogP contribution < -0.4 is 51.1 Å². The van der Waals surface area contributed by atoms with Crippen LogP contribution in [0.15, 0.2) is 255 Å². The first-order chi connectivity index (χ1) is 33.5. The lowest BCUT2D eigenvalue weighted by Gasteiger charge is -2.33. The number of halogens is 1. The second-order valence-corrected chi connectivity index (χ2v) is 26.6. The summed E-state index contributed by atoms with van der Waals surface area (Å²) in [6, 6.07) is 87.9. The van der Waals surface area contributed by atoms with E-state index >= 15 is 4.57 Å². The lowest BCUT2D eigenvalue weighted by Crippen LogP contribution is -2.27. The van der Waals surface area contributed by atoms with E-state index in [0.717, 1.165) is 84.2 Å². The summed E-state index contributed by atoms with van der Waals surface area (Å²) in [5.74, 6) is 3.26. The zero-order valence-corrected chi connectivity index (χ0v) is 40.6. The van der Waals surface area contributed by atoms with Gasteiger partial charge in [0.2, 0.25) is 0 Å². The van der Waals surface area contributed by atoms with Crippen LogP contribution in [0.3, 0.4) is 0 Å². The molecule has 0 bridgehead atoms. The van der Waals surface area contributed by atoms with Gasteiger partial charge in [-0.05, 0) is 132 Å². The Morgan fingerprint density at radius 3 is 1.04 bits per heavy atom. The van der Waals surface area contributed by atoms with E-state index in [9.17, 15) is 0 Å². The molecule has 326 valence electrons. The van der Waals surface area contributed by atoms with E-state index in [2.05, 4.69) is 171 Å². The van der Waals surface area contributed by atoms with Crippen molar-refractivity contribution in [1.82, 2.24) is 0 Å². The number of hydrogen-bond donors (Lipinski definition) is 0. The Kier molecular flexibility index (Phi) is 10.8. The van der Waals surface area contributed by atoms with Crippen molar-refractivity contribution in [2.24, 2.45) is 0 Å². The minimum atomic E-state index is -3.27. The molecule has 10 aromatic rings. The van der Waals surface area contributed by atoms with Gasteiger partial charge in [-0.15, -0.1) is 0 Å². The lowest BCUT2D eigenvalue weighted by atomic mass is 10.1. The van der Waals surface area contributed by atoms with Crippen LogP contribution in [-0.4, -0.2) is 0 Å². The third-order valence-electron chi connectivity index (χ3n) is 12.8. The third kappa shape index (κ3) is 7.23. The highest BCUT2D eigenvalue weighted by molar-refractivity contribution is 14.2. The SMILES string of the molecule is O=P(c1ccccc1)(c1ccc(-c2ccc([P+](I)(c3ccccc3)c3ccc(N4c5ccccc5Oc5ccccc54)cc3)cc2)cc1)c1ccc(N2c3ccccc3Oc3ccccc32)cc1. The molecule has 0 radical (unpaired) electrons. The highest BCUT2D eigenvalue weighted by atomic mass is 127. The number of para-hydroxylation sites is 8. The molecule has 2 unspecified atom stereocenters. The Morgan fingerprint density at radius 1 is 0.324 bits per heavy atom. The van der Waals surface area contributed by atoms with Crippen molar-refractivity contribution in [3.05, 3.63) is 255 Å². The Bertz CT molecular complexity index is 3410. The molecule has 0 saturated carbocycles. The number of hydrogen-bond acceptors (Lipinski definition) is 5. The fourth-order valence-corrected chi connectivity index (χ4v) is 17.6. The fraction of sp³-hybridized carbons (Fsp3) is 0. The summed E-state index contributed by atoms with van der Waals surface area (Å²) in [4.78, 5) is 2.40. The van der Waals surface area contributed by atoms with Crippen molar-refractivity contribution >= 4 is 100 Å². The third-order valence-corrected chi connectivity index (χ3v) is 23.9. The van der Waals surface area contributed by atoms with Gasteiger partial charge in [0, 0.05) is 27.3 Å². The molecule has 0 aromatic heterocycles. The summed E-state index contributed by atoms with van der Waals surface area (Å²) in [6.45, 7) is 0. The van der Waals surface area contributed by atoms with Crippen LogP contribution in [0.1, 0.15) is 0 Å². The molecule has 12 rings (SSSR count). The first kappa shape index (κ1) is 42.2. The number of rotatable bonds is 9. The van der Waals surface area contributed by atoms with E-state index in [-0.39, 0.29) is 0 Å². The lowest BCUT2D eigenvalue weighted by molar-refractivity contribution is 0.477. The van der Waals surface area contributed by atoms with Crippen LogP contribution in [-0.2, 0) is 4.57 Å². The van der Waals surface area contributed by atoms with Crippen LogP contribution in [0, 0.1) is 0 Å². The van der Waals surface area contributed by atoms with E-state index in [4.69, 9.17) is 9.47 Å². The van der Waals surface area contributed by atoms with Gasteiger partial charge in [0.25, 0.3) is 0 Å². The molecular formula is C60H42IN2O3P2+. The summed E-state index contributed by atoms with van der Waals surface area (Å²) < 4.78 is 28.3. The molecule has 10 aromatic carbocycles. The Hall–Kier alpha value is -7.21. The molecule has 0 aliphatic carbocycles. The zero-order valence-electron chi connectivity index (χ0n) is 36.6. The van der Waals surface area contributed by atoms with E-state index in [1.54, 1.807) is 0 Å². The van der Waals surface area contributed by atoms with E-state index in [0.29, 0.717) is 0 Å².